The lowest BCUT2D eigenvalue weighted by molar-refractivity contribution is 0.241. The van der Waals surface area contributed by atoms with Crippen LogP contribution in [0.15, 0.2) is 31.0 Å². The fourth-order valence-electron chi connectivity index (χ4n) is 1.21. The summed E-state index contributed by atoms with van der Waals surface area (Å²) < 4.78 is 3.10. The van der Waals surface area contributed by atoms with E-state index in [1.165, 1.54) is 10.9 Å². The molecule has 0 atom stereocenters. The Balaban J connectivity index is 1.95. The summed E-state index contributed by atoms with van der Waals surface area (Å²) in [7, 11) is 1.83. The summed E-state index contributed by atoms with van der Waals surface area (Å²) in [6, 6.07) is 1.66. The third kappa shape index (κ3) is 2.04. The minimum atomic E-state index is -0.200. The van der Waals surface area contributed by atoms with E-state index in [4.69, 9.17) is 0 Å². The zero-order valence-corrected chi connectivity index (χ0v) is 8.29. The van der Waals surface area contributed by atoms with E-state index < -0.39 is 0 Å². The number of nitrogens with zero attached hydrogens (tertiary/aromatic N) is 4. The van der Waals surface area contributed by atoms with E-state index in [0.717, 1.165) is 5.69 Å². The van der Waals surface area contributed by atoms with Crippen LogP contribution in [0.25, 0.3) is 0 Å². The Morgan fingerprint density at radius 1 is 1.53 bits per heavy atom. The number of aromatic nitrogens is 4. The number of hydrogen-bond donors (Lipinski definition) is 1. The molecule has 0 unspecified atom stereocenters. The maximum atomic E-state index is 11.5. The average Bonchev–Trinajstić information content (AvgIpc) is 2.85. The second-order valence-electron chi connectivity index (χ2n) is 3.07. The highest BCUT2D eigenvalue weighted by atomic mass is 16.2. The van der Waals surface area contributed by atoms with Crippen molar-refractivity contribution in [3.05, 3.63) is 36.7 Å². The Kier molecular flexibility index (Phi) is 2.49. The van der Waals surface area contributed by atoms with Gasteiger partial charge in [-0.3, -0.25) is 9.25 Å². The molecule has 0 aliphatic heterocycles. The third-order valence-corrected chi connectivity index (χ3v) is 2.08. The first-order valence-electron chi connectivity index (χ1n) is 4.50. The molecule has 2 aromatic rings. The normalized spacial score (nSPS) is 10.2. The van der Waals surface area contributed by atoms with E-state index in [2.05, 4.69) is 15.4 Å². The lowest BCUT2D eigenvalue weighted by Crippen LogP contribution is -2.27. The molecule has 1 N–H and O–H groups in total. The number of imidazole rings is 1. The van der Waals surface area contributed by atoms with E-state index >= 15 is 0 Å². The number of carbonyl (C=O) groups is 1. The van der Waals surface area contributed by atoms with Gasteiger partial charge in [-0.2, -0.15) is 5.10 Å². The van der Waals surface area contributed by atoms with E-state index in [-0.39, 0.29) is 6.03 Å². The first kappa shape index (κ1) is 9.45. The first-order valence-corrected chi connectivity index (χ1v) is 4.50. The molecule has 0 saturated carbocycles. The van der Waals surface area contributed by atoms with Gasteiger partial charge >= 0.3 is 6.03 Å². The maximum Gasteiger partial charge on any atom is 0.327 e. The molecule has 2 aromatic heterocycles. The second kappa shape index (κ2) is 3.95. The maximum absolute atomic E-state index is 11.5. The van der Waals surface area contributed by atoms with Crippen molar-refractivity contribution < 1.29 is 4.79 Å². The predicted octanol–water partition coefficient (Wildman–Crippen LogP) is 0.374. The molecular weight excluding hydrogens is 194 g/mol. The van der Waals surface area contributed by atoms with Crippen LogP contribution < -0.4 is 5.32 Å². The van der Waals surface area contributed by atoms with E-state index in [1.54, 1.807) is 23.3 Å². The average molecular weight is 205 g/mol. The zero-order valence-electron chi connectivity index (χ0n) is 8.29. The van der Waals surface area contributed by atoms with Gasteiger partial charge in [0.15, 0.2) is 0 Å². The Morgan fingerprint density at radius 2 is 2.40 bits per heavy atom. The van der Waals surface area contributed by atoms with Crippen LogP contribution in [0.5, 0.6) is 0 Å². The number of carbonyl (C=O) groups excluding carboxylic acids is 1. The largest absolute Gasteiger partial charge is 0.332 e. The van der Waals surface area contributed by atoms with E-state index in [9.17, 15) is 4.79 Å². The molecule has 1 amide bonds. The van der Waals surface area contributed by atoms with Crippen LogP contribution >= 0.6 is 0 Å². The van der Waals surface area contributed by atoms with Crippen LogP contribution in [-0.2, 0) is 13.6 Å². The molecular formula is C9H11N5O. The van der Waals surface area contributed by atoms with E-state index in [1.807, 2.05) is 13.1 Å². The molecule has 2 heterocycles. The molecule has 2 rings (SSSR count). The van der Waals surface area contributed by atoms with Gasteiger partial charge < -0.3 is 5.32 Å². The van der Waals surface area contributed by atoms with Gasteiger partial charge in [-0.15, -0.1) is 0 Å². The van der Waals surface area contributed by atoms with Crippen LogP contribution in [0.1, 0.15) is 5.69 Å². The van der Waals surface area contributed by atoms with Crippen molar-refractivity contribution in [1.82, 2.24) is 24.6 Å². The molecule has 15 heavy (non-hydrogen) atoms. The lowest BCUT2D eigenvalue weighted by atomic mass is 10.4. The van der Waals surface area contributed by atoms with Crippen molar-refractivity contribution in [3.63, 3.8) is 0 Å². The molecule has 0 spiro atoms. The monoisotopic (exact) mass is 205 g/mol. The van der Waals surface area contributed by atoms with Crippen LogP contribution in [0.3, 0.4) is 0 Å². The van der Waals surface area contributed by atoms with Crippen LogP contribution in [0.2, 0.25) is 0 Å². The molecule has 6 heteroatoms. The van der Waals surface area contributed by atoms with Gasteiger partial charge in [0, 0.05) is 25.6 Å². The van der Waals surface area contributed by atoms with Crippen molar-refractivity contribution in [2.75, 3.05) is 0 Å². The molecule has 0 aliphatic carbocycles. The first-order chi connectivity index (χ1) is 7.27. The highest BCUT2D eigenvalue weighted by Gasteiger charge is 2.04. The smallest absolute Gasteiger partial charge is 0.327 e. The summed E-state index contributed by atoms with van der Waals surface area (Å²) in [5.74, 6) is 0. The van der Waals surface area contributed by atoms with Crippen molar-refractivity contribution in [2.24, 2.45) is 7.05 Å². The molecule has 0 saturated heterocycles. The molecule has 0 aromatic carbocycles. The van der Waals surface area contributed by atoms with Gasteiger partial charge in [0.1, 0.15) is 6.33 Å². The fraction of sp³-hybridized carbons (Fsp3) is 0.222. The van der Waals surface area contributed by atoms with Crippen molar-refractivity contribution >= 4 is 6.03 Å². The minimum absolute atomic E-state index is 0.200. The SMILES string of the molecule is Cn1nccc1CNC(=O)n1ccnc1. The second-order valence-corrected chi connectivity index (χ2v) is 3.07. The molecule has 0 bridgehead atoms. The minimum Gasteiger partial charge on any atom is -0.332 e. The summed E-state index contributed by atoms with van der Waals surface area (Å²) in [6.45, 7) is 0.452. The summed E-state index contributed by atoms with van der Waals surface area (Å²) >= 11 is 0. The van der Waals surface area contributed by atoms with Gasteiger partial charge in [-0.25, -0.2) is 9.78 Å². The molecule has 6 nitrogen and oxygen atoms in total. The van der Waals surface area contributed by atoms with Crippen LogP contribution in [-0.4, -0.2) is 25.4 Å². The number of aryl methyl sites for hydroxylation is 1. The van der Waals surface area contributed by atoms with Crippen molar-refractivity contribution in [2.45, 2.75) is 6.54 Å². The predicted molar refractivity (Wildman–Crippen MR) is 53.1 cm³/mol. The zero-order chi connectivity index (χ0) is 10.7. The van der Waals surface area contributed by atoms with Crippen LogP contribution in [0.4, 0.5) is 4.79 Å². The van der Waals surface area contributed by atoms with Gasteiger partial charge in [-0.05, 0) is 6.07 Å². The molecule has 0 radical (unpaired) electrons. The fourth-order valence-corrected chi connectivity index (χ4v) is 1.21. The Labute approximate surface area is 86.5 Å². The highest BCUT2D eigenvalue weighted by molar-refractivity contribution is 5.76. The van der Waals surface area contributed by atoms with E-state index in [0.29, 0.717) is 6.54 Å². The topological polar surface area (TPSA) is 64.7 Å². The van der Waals surface area contributed by atoms with Crippen LogP contribution in [0, 0.1) is 0 Å². The Bertz CT molecular complexity index is 445. The Morgan fingerprint density at radius 3 is 3.00 bits per heavy atom. The molecule has 0 fully saturated rings. The molecule has 78 valence electrons. The number of amides is 1. The number of hydrogen-bond acceptors (Lipinski definition) is 3. The standard InChI is InChI=1S/C9H11N5O/c1-13-8(2-3-12-13)6-11-9(15)14-5-4-10-7-14/h2-5,7H,6H2,1H3,(H,11,15). The van der Waals surface area contributed by atoms with Gasteiger partial charge in [0.25, 0.3) is 0 Å². The quantitative estimate of drug-likeness (QED) is 0.770. The van der Waals surface area contributed by atoms with Gasteiger partial charge in [0.2, 0.25) is 0 Å². The highest BCUT2D eigenvalue weighted by Crippen LogP contribution is 1.95. The summed E-state index contributed by atoms with van der Waals surface area (Å²) in [6.07, 6.45) is 6.31. The summed E-state index contributed by atoms with van der Waals surface area (Å²) in [4.78, 5) is 15.3. The number of nitrogens with one attached hydrogen (secondary N) is 1. The van der Waals surface area contributed by atoms with Crippen molar-refractivity contribution in [3.8, 4) is 0 Å². The third-order valence-electron chi connectivity index (χ3n) is 2.08. The summed E-state index contributed by atoms with van der Waals surface area (Å²) in [5.41, 5.74) is 0.948. The number of rotatable bonds is 2. The Hall–Kier alpha value is -2.11. The van der Waals surface area contributed by atoms with Crippen molar-refractivity contribution in [1.29, 1.82) is 0 Å². The van der Waals surface area contributed by atoms with Gasteiger partial charge in [-0.1, -0.05) is 0 Å². The lowest BCUT2D eigenvalue weighted by Gasteiger charge is -2.05. The van der Waals surface area contributed by atoms with Gasteiger partial charge in [0.05, 0.1) is 12.2 Å². The summed E-state index contributed by atoms with van der Waals surface area (Å²) in [5, 5.41) is 6.76. The molecule has 0 aliphatic rings.